The summed E-state index contributed by atoms with van der Waals surface area (Å²) < 4.78 is 14.3. The van der Waals surface area contributed by atoms with Gasteiger partial charge < -0.3 is 10.2 Å². The fraction of sp³-hybridized carbons (Fsp3) is 0.700. The van der Waals surface area contributed by atoms with Gasteiger partial charge in [-0.05, 0) is 43.4 Å². The van der Waals surface area contributed by atoms with Gasteiger partial charge in [0.05, 0.1) is 5.69 Å². The molecule has 0 unspecified atom stereocenters. The van der Waals surface area contributed by atoms with Gasteiger partial charge in [0.2, 0.25) is 0 Å². The SMILES string of the molecule is CN(c1cc(CNC2CCCCC2)ccc1F)C1CCCCC1. The predicted molar refractivity (Wildman–Crippen MR) is 95.4 cm³/mol. The van der Waals surface area contributed by atoms with Crippen molar-refractivity contribution in [2.75, 3.05) is 11.9 Å². The minimum absolute atomic E-state index is 0.0838. The van der Waals surface area contributed by atoms with E-state index in [9.17, 15) is 4.39 Å². The molecule has 0 amide bonds. The molecule has 2 aliphatic rings. The quantitative estimate of drug-likeness (QED) is 0.820. The first-order valence-electron chi connectivity index (χ1n) is 9.48. The van der Waals surface area contributed by atoms with Crippen molar-refractivity contribution in [3.05, 3.63) is 29.6 Å². The maximum absolute atomic E-state index is 14.3. The normalized spacial score (nSPS) is 20.6. The third-order valence-electron chi connectivity index (χ3n) is 5.71. The number of nitrogens with one attached hydrogen (secondary N) is 1. The number of hydrogen-bond donors (Lipinski definition) is 1. The third-order valence-corrected chi connectivity index (χ3v) is 5.71. The average molecular weight is 318 g/mol. The summed E-state index contributed by atoms with van der Waals surface area (Å²) in [6, 6.07) is 6.78. The lowest BCUT2D eigenvalue weighted by molar-refractivity contribution is 0.372. The van der Waals surface area contributed by atoms with Gasteiger partial charge in [-0.25, -0.2) is 4.39 Å². The van der Waals surface area contributed by atoms with E-state index in [0.29, 0.717) is 12.1 Å². The fourth-order valence-electron chi connectivity index (χ4n) is 4.17. The number of benzene rings is 1. The maximum Gasteiger partial charge on any atom is 0.146 e. The highest BCUT2D eigenvalue weighted by Crippen LogP contribution is 2.28. The Morgan fingerprint density at radius 2 is 1.65 bits per heavy atom. The number of rotatable bonds is 5. The van der Waals surface area contributed by atoms with Crippen LogP contribution in [0.5, 0.6) is 0 Å². The van der Waals surface area contributed by atoms with Gasteiger partial charge in [-0.15, -0.1) is 0 Å². The first-order valence-corrected chi connectivity index (χ1v) is 9.48. The van der Waals surface area contributed by atoms with Gasteiger partial charge in [0.25, 0.3) is 0 Å². The summed E-state index contributed by atoms with van der Waals surface area (Å²) in [4.78, 5) is 2.18. The average Bonchev–Trinajstić information content (AvgIpc) is 2.62. The molecule has 0 spiro atoms. The first-order chi connectivity index (χ1) is 11.2. The molecule has 23 heavy (non-hydrogen) atoms. The Kier molecular flexibility index (Phi) is 5.93. The third kappa shape index (κ3) is 4.47. The topological polar surface area (TPSA) is 15.3 Å². The number of halogens is 1. The molecule has 1 aromatic carbocycles. The highest BCUT2D eigenvalue weighted by Gasteiger charge is 2.21. The van der Waals surface area contributed by atoms with Crippen LogP contribution in [0.3, 0.4) is 0 Å². The smallest absolute Gasteiger partial charge is 0.146 e. The van der Waals surface area contributed by atoms with E-state index in [-0.39, 0.29) is 5.82 Å². The van der Waals surface area contributed by atoms with Crippen molar-refractivity contribution in [3.63, 3.8) is 0 Å². The van der Waals surface area contributed by atoms with Crippen LogP contribution in [0.1, 0.15) is 69.8 Å². The Balaban J connectivity index is 1.63. The first kappa shape index (κ1) is 16.8. The monoisotopic (exact) mass is 318 g/mol. The molecule has 0 bridgehead atoms. The Labute approximate surface area is 140 Å². The van der Waals surface area contributed by atoms with E-state index in [2.05, 4.69) is 23.3 Å². The van der Waals surface area contributed by atoms with E-state index < -0.39 is 0 Å². The zero-order valence-electron chi connectivity index (χ0n) is 14.5. The molecule has 0 heterocycles. The van der Waals surface area contributed by atoms with Gasteiger partial charge in [0.15, 0.2) is 0 Å². The summed E-state index contributed by atoms with van der Waals surface area (Å²) in [5.74, 6) is -0.0838. The van der Waals surface area contributed by atoms with Crippen LogP contribution in [0.15, 0.2) is 18.2 Å². The number of hydrogen-bond acceptors (Lipinski definition) is 2. The summed E-state index contributed by atoms with van der Waals surface area (Å²) in [6.45, 7) is 0.858. The van der Waals surface area contributed by atoms with Crippen LogP contribution in [-0.2, 0) is 6.54 Å². The van der Waals surface area contributed by atoms with Crippen molar-refractivity contribution in [1.29, 1.82) is 0 Å². The minimum atomic E-state index is -0.0838. The van der Waals surface area contributed by atoms with E-state index in [0.717, 1.165) is 12.2 Å². The second-order valence-corrected chi connectivity index (χ2v) is 7.40. The molecule has 0 aliphatic heterocycles. The molecule has 2 saturated carbocycles. The van der Waals surface area contributed by atoms with Crippen molar-refractivity contribution in [2.24, 2.45) is 0 Å². The van der Waals surface area contributed by atoms with Crippen LogP contribution >= 0.6 is 0 Å². The van der Waals surface area contributed by atoms with Gasteiger partial charge in [-0.3, -0.25) is 0 Å². The highest BCUT2D eigenvalue weighted by molar-refractivity contribution is 5.50. The molecule has 1 N–H and O–H groups in total. The summed E-state index contributed by atoms with van der Waals surface area (Å²) in [5.41, 5.74) is 1.98. The Morgan fingerprint density at radius 3 is 2.35 bits per heavy atom. The molecule has 0 atom stereocenters. The second-order valence-electron chi connectivity index (χ2n) is 7.40. The van der Waals surface area contributed by atoms with Crippen LogP contribution in [0, 0.1) is 5.82 Å². The van der Waals surface area contributed by atoms with Crippen LogP contribution in [0.25, 0.3) is 0 Å². The van der Waals surface area contributed by atoms with Crippen molar-refractivity contribution in [1.82, 2.24) is 5.32 Å². The zero-order chi connectivity index (χ0) is 16.1. The summed E-state index contributed by atoms with van der Waals surface area (Å²) in [6.07, 6.45) is 12.9. The number of anilines is 1. The number of nitrogens with zero attached hydrogens (tertiary/aromatic N) is 1. The van der Waals surface area contributed by atoms with E-state index in [1.54, 1.807) is 6.07 Å². The standard InChI is InChI=1S/C20H31FN2/c1-23(18-10-6-3-7-11-18)20-14-16(12-13-19(20)21)15-22-17-8-4-2-5-9-17/h12-14,17-18,22H,2-11,15H2,1H3. The van der Waals surface area contributed by atoms with Gasteiger partial charge in [-0.1, -0.05) is 44.6 Å². The zero-order valence-corrected chi connectivity index (χ0v) is 14.5. The Hall–Kier alpha value is -1.09. The minimum Gasteiger partial charge on any atom is -0.369 e. The lowest BCUT2D eigenvalue weighted by Gasteiger charge is -2.33. The summed E-state index contributed by atoms with van der Waals surface area (Å²) in [7, 11) is 2.06. The molecule has 3 heteroatoms. The molecule has 2 nitrogen and oxygen atoms in total. The lowest BCUT2D eigenvalue weighted by Crippen LogP contribution is -2.34. The van der Waals surface area contributed by atoms with Crippen molar-refractivity contribution < 1.29 is 4.39 Å². The van der Waals surface area contributed by atoms with E-state index in [1.807, 2.05) is 6.07 Å². The molecule has 3 rings (SSSR count). The molecule has 128 valence electrons. The molecule has 0 radical (unpaired) electrons. The molecule has 2 aliphatic carbocycles. The predicted octanol–water partition coefficient (Wildman–Crippen LogP) is 5.02. The van der Waals surface area contributed by atoms with E-state index in [4.69, 9.17) is 0 Å². The Morgan fingerprint density at radius 1 is 1.00 bits per heavy atom. The second kappa shape index (κ2) is 8.14. The van der Waals surface area contributed by atoms with Crippen LogP contribution < -0.4 is 10.2 Å². The maximum atomic E-state index is 14.3. The summed E-state index contributed by atoms with van der Waals surface area (Å²) in [5, 5.41) is 3.66. The van der Waals surface area contributed by atoms with Gasteiger partial charge in [0.1, 0.15) is 5.82 Å². The fourth-order valence-corrected chi connectivity index (χ4v) is 4.17. The van der Waals surface area contributed by atoms with E-state index in [1.165, 1.54) is 69.8 Å². The molecular weight excluding hydrogens is 287 g/mol. The van der Waals surface area contributed by atoms with Gasteiger partial charge in [-0.2, -0.15) is 0 Å². The van der Waals surface area contributed by atoms with Crippen molar-refractivity contribution >= 4 is 5.69 Å². The summed E-state index contributed by atoms with van der Waals surface area (Å²) >= 11 is 0. The van der Waals surface area contributed by atoms with Gasteiger partial charge >= 0.3 is 0 Å². The van der Waals surface area contributed by atoms with Crippen molar-refractivity contribution in [3.8, 4) is 0 Å². The Bertz CT molecular complexity index is 490. The van der Waals surface area contributed by atoms with Crippen molar-refractivity contribution in [2.45, 2.75) is 82.8 Å². The lowest BCUT2D eigenvalue weighted by atomic mass is 9.94. The molecular formula is C20H31FN2. The van der Waals surface area contributed by atoms with Gasteiger partial charge in [0, 0.05) is 25.7 Å². The molecule has 2 fully saturated rings. The molecule has 0 aromatic heterocycles. The highest BCUT2D eigenvalue weighted by atomic mass is 19.1. The molecule has 1 aromatic rings. The molecule has 0 saturated heterocycles. The van der Waals surface area contributed by atoms with E-state index >= 15 is 0 Å². The van der Waals surface area contributed by atoms with Crippen LogP contribution in [0.2, 0.25) is 0 Å². The van der Waals surface area contributed by atoms with Crippen LogP contribution in [-0.4, -0.2) is 19.1 Å². The largest absolute Gasteiger partial charge is 0.369 e. The van der Waals surface area contributed by atoms with Crippen LogP contribution in [0.4, 0.5) is 10.1 Å².